The third-order valence-corrected chi connectivity index (χ3v) is 7.45. The molecule has 1 saturated heterocycles. The van der Waals surface area contributed by atoms with E-state index in [0.29, 0.717) is 17.7 Å². The minimum atomic E-state index is -5.11. The first-order valence-corrected chi connectivity index (χ1v) is 13.0. The summed E-state index contributed by atoms with van der Waals surface area (Å²) in [5.74, 6) is -2.12. The number of fused-ring (bicyclic) bond motifs is 1. The third kappa shape index (κ3) is 5.98. The number of para-hydroxylation sites is 1. The molecule has 0 spiro atoms. The van der Waals surface area contributed by atoms with E-state index in [9.17, 15) is 41.0 Å². The number of nitrogens with zero attached hydrogens (tertiary/aromatic N) is 2. The molecule has 220 valence electrons. The highest BCUT2D eigenvalue weighted by Gasteiger charge is 2.40. The summed E-state index contributed by atoms with van der Waals surface area (Å²) in [7, 11) is 0. The number of halogens is 6. The number of nitrogens with one attached hydrogen (secondary N) is 1. The van der Waals surface area contributed by atoms with Gasteiger partial charge in [-0.25, -0.2) is 0 Å². The molecule has 1 aromatic heterocycles. The highest BCUT2D eigenvalue weighted by Crippen LogP contribution is 2.37. The molecular formula is C30H25F6N3O3. The Morgan fingerprint density at radius 1 is 0.881 bits per heavy atom. The lowest BCUT2D eigenvalue weighted by molar-refractivity contribution is -0.145. The minimum absolute atomic E-state index is 0.0161. The van der Waals surface area contributed by atoms with Crippen molar-refractivity contribution in [2.75, 3.05) is 19.6 Å². The lowest BCUT2D eigenvalue weighted by Gasteiger charge is -2.43. The fraction of sp³-hybridized carbons (Fsp3) is 0.267. The topological polar surface area (TPSA) is 76.6 Å². The molecule has 0 unspecified atom stereocenters. The van der Waals surface area contributed by atoms with Crippen molar-refractivity contribution < 1.29 is 41.0 Å². The number of carboxylic acid groups (broad SMARTS) is 1. The molecule has 6 nitrogen and oxygen atoms in total. The van der Waals surface area contributed by atoms with E-state index in [1.807, 2.05) is 24.3 Å². The Labute approximate surface area is 236 Å². The van der Waals surface area contributed by atoms with Gasteiger partial charge in [0.15, 0.2) is 0 Å². The van der Waals surface area contributed by atoms with Gasteiger partial charge in [-0.1, -0.05) is 48.5 Å². The summed E-state index contributed by atoms with van der Waals surface area (Å²) in [4.78, 5) is 32.1. The number of hydrogen-bond donors (Lipinski definition) is 2. The number of aliphatic carboxylic acids is 1. The monoisotopic (exact) mass is 589 g/mol. The number of H-pyrrole nitrogens is 1. The summed E-state index contributed by atoms with van der Waals surface area (Å²) in [6.07, 6.45) is -8.31. The maximum Gasteiger partial charge on any atom is 0.416 e. The first-order valence-electron chi connectivity index (χ1n) is 13.0. The fourth-order valence-electron chi connectivity index (χ4n) is 5.50. The number of amides is 1. The Morgan fingerprint density at radius 2 is 1.50 bits per heavy atom. The van der Waals surface area contributed by atoms with Crippen molar-refractivity contribution in [3.05, 3.63) is 107 Å². The zero-order valence-electron chi connectivity index (χ0n) is 21.9. The van der Waals surface area contributed by atoms with E-state index in [2.05, 4.69) is 4.98 Å². The summed E-state index contributed by atoms with van der Waals surface area (Å²) in [6, 6.07) is 14.8. The largest absolute Gasteiger partial charge is 0.480 e. The van der Waals surface area contributed by atoms with E-state index in [0.717, 1.165) is 16.5 Å². The van der Waals surface area contributed by atoms with E-state index in [-0.39, 0.29) is 32.1 Å². The Bertz CT molecular complexity index is 1570. The van der Waals surface area contributed by atoms with Crippen LogP contribution in [-0.4, -0.2) is 57.4 Å². The first-order chi connectivity index (χ1) is 19.8. The zero-order chi connectivity index (χ0) is 30.2. The van der Waals surface area contributed by atoms with Crippen LogP contribution in [0.4, 0.5) is 26.3 Å². The van der Waals surface area contributed by atoms with Crippen molar-refractivity contribution in [1.29, 1.82) is 0 Å². The number of carboxylic acids is 1. The molecule has 42 heavy (non-hydrogen) atoms. The molecule has 0 radical (unpaired) electrons. The summed E-state index contributed by atoms with van der Waals surface area (Å²) in [6.45, 7) is -0.0602. The molecule has 2 heterocycles. The molecule has 2 atom stereocenters. The zero-order valence-corrected chi connectivity index (χ0v) is 21.9. The summed E-state index contributed by atoms with van der Waals surface area (Å²) < 4.78 is 81.2. The minimum Gasteiger partial charge on any atom is -0.480 e. The normalized spacial score (nSPS) is 17.4. The number of aromatic nitrogens is 1. The van der Waals surface area contributed by atoms with Crippen LogP contribution in [0.5, 0.6) is 0 Å². The van der Waals surface area contributed by atoms with Crippen LogP contribution in [0.3, 0.4) is 0 Å². The summed E-state index contributed by atoms with van der Waals surface area (Å²) in [5.41, 5.74) is -1.83. The van der Waals surface area contributed by atoms with Gasteiger partial charge in [0.2, 0.25) is 0 Å². The van der Waals surface area contributed by atoms with Crippen LogP contribution in [0.15, 0.2) is 79.0 Å². The molecule has 1 aliphatic heterocycles. The molecule has 4 aromatic rings. The predicted octanol–water partition coefficient (Wildman–Crippen LogP) is 6.40. The van der Waals surface area contributed by atoms with Crippen LogP contribution in [0.25, 0.3) is 10.9 Å². The van der Waals surface area contributed by atoms with Crippen LogP contribution in [0.2, 0.25) is 0 Å². The fourth-order valence-corrected chi connectivity index (χ4v) is 5.50. The van der Waals surface area contributed by atoms with E-state index in [4.69, 9.17) is 0 Å². The maximum atomic E-state index is 13.7. The molecule has 1 amide bonds. The highest BCUT2D eigenvalue weighted by molar-refractivity contribution is 5.95. The third-order valence-electron chi connectivity index (χ3n) is 7.45. The number of rotatable bonds is 6. The van der Waals surface area contributed by atoms with Crippen molar-refractivity contribution in [3.8, 4) is 0 Å². The number of hydrogen-bond acceptors (Lipinski definition) is 3. The van der Waals surface area contributed by atoms with Crippen LogP contribution in [0.1, 0.15) is 38.7 Å². The number of piperazine rings is 1. The van der Waals surface area contributed by atoms with E-state index >= 15 is 0 Å². The standard InChI is InChI=1S/C30H25F6N3O3/c31-29(32,33)21-12-19(13-22(15-21)30(34,35)36)27(40)39-11-10-38(26(28(41)42)18-6-2-1-3-7-18)17-23(39)14-20-16-37-25-9-5-4-8-24(20)25/h1-9,12-13,15-16,23,26,37H,10-11,14,17H2,(H,41,42)/t23-,26+/m1/s1. The predicted molar refractivity (Wildman–Crippen MR) is 142 cm³/mol. The Morgan fingerprint density at radius 3 is 2.12 bits per heavy atom. The average Bonchev–Trinajstić information content (AvgIpc) is 3.35. The molecule has 0 bridgehead atoms. The van der Waals surface area contributed by atoms with E-state index in [1.165, 1.54) is 4.90 Å². The smallest absolute Gasteiger partial charge is 0.416 e. The van der Waals surface area contributed by atoms with E-state index < -0.39 is 53.0 Å². The highest BCUT2D eigenvalue weighted by atomic mass is 19.4. The first kappa shape index (κ1) is 29.2. The second-order valence-electron chi connectivity index (χ2n) is 10.2. The van der Waals surface area contributed by atoms with Crippen molar-refractivity contribution in [1.82, 2.24) is 14.8 Å². The van der Waals surface area contributed by atoms with Crippen molar-refractivity contribution in [2.24, 2.45) is 0 Å². The molecule has 3 aromatic carbocycles. The van der Waals surface area contributed by atoms with Gasteiger partial charge in [0.25, 0.3) is 5.91 Å². The van der Waals surface area contributed by atoms with Gasteiger partial charge in [-0.3, -0.25) is 14.5 Å². The van der Waals surface area contributed by atoms with Gasteiger partial charge in [0.05, 0.1) is 11.1 Å². The molecule has 1 fully saturated rings. The van der Waals surface area contributed by atoms with Crippen LogP contribution >= 0.6 is 0 Å². The van der Waals surface area contributed by atoms with Crippen molar-refractivity contribution in [2.45, 2.75) is 30.9 Å². The quantitative estimate of drug-likeness (QED) is 0.255. The summed E-state index contributed by atoms with van der Waals surface area (Å²) >= 11 is 0. The number of carbonyl (C=O) groups is 2. The number of aromatic amines is 1. The number of alkyl halides is 6. The van der Waals surface area contributed by atoms with Gasteiger partial charge in [0.1, 0.15) is 6.04 Å². The number of carbonyl (C=O) groups excluding carboxylic acids is 1. The molecular weight excluding hydrogens is 564 g/mol. The Balaban J connectivity index is 1.54. The van der Waals surface area contributed by atoms with Crippen molar-refractivity contribution in [3.63, 3.8) is 0 Å². The molecule has 0 saturated carbocycles. The molecule has 1 aliphatic rings. The van der Waals surface area contributed by atoms with Gasteiger partial charge in [0, 0.05) is 48.3 Å². The average molecular weight is 590 g/mol. The van der Waals surface area contributed by atoms with Gasteiger partial charge in [-0.15, -0.1) is 0 Å². The van der Waals surface area contributed by atoms with Gasteiger partial charge in [-0.05, 0) is 41.8 Å². The van der Waals surface area contributed by atoms with Gasteiger partial charge < -0.3 is 15.0 Å². The second-order valence-corrected chi connectivity index (χ2v) is 10.2. The summed E-state index contributed by atoms with van der Waals surface area (Å²) in [5, 5.41) is 10.9. The SMILES string of the molecule is O=C(O)[C@H](c1ccccc1)N1CCN(C(=O)c2cc(C(F)(F)F)cc(C(F)(F)F)c2)[C@H](Cc2c[nH]c3ccccc23)C1. The molecule has 12 heteroatoms. The Kier molecular flexibility index (Phi) is 7.76. The second kappa shape index (κ2) is 11.2. The van der Waals surface area contributed by atoms with Gasteiger partial charge >= 0.3 is 18.3 Å². The Hall–Kier alpha value is -4.32. The molecule has 0 aliphatic carbocycles. The molecule has 5 rings (SSSR count). The van der Waals surface area contributed by atoms with Crippen LogP contribution < -0.4 is 0 Å². The maximum absolute atomic E-state index is 13.7. The van der Waals surface area contributed by atoms with Crippen LogP contribution in [0, 0.1) is 0 Å². The lowest BCUT2D eigenvalue weighted by atomic mass is 9.96. The lowest BCUT2D eigenvalue weighted by Crippen LogP contribution is -2.57. The van der Waals surface area contributed by atoms with E-state index in [1.54, 1.807) is 41.4 Å². The number of benzene rings is 3. The molecule has 2 N–H and O–H groups in total. The van der Waals surface area contributed by atoms with Crippen LogP contribution in [-0.2, 0) is 23.6 Å². The van der Waals surface area contributed by atoms with Gasteiger partial charge in [-0.2, -0.15) is 26.3 Å². The van der Waals surface area contributed by atoms with Crippen molar-refractivity contribution >= 4 is 22.8 Å².